The van der Waals surface area contributed by atoms with Gasteiger partial charge < -0.3 is 20.1 Å². The van der Waals surface area contributed by atoms with Gasteiger partial charge in [0.2, 0.25) is 5.96 Å². The van der Waals surface area contributed by atoms with Crippen LogP contribution in [0, 0.1) is 0 Å². The first kappa shape index (κ1) is 32.1. The molecule has 1 fully saturated rings. The summed E-state index contributed by atoms with van der Waals surface area (Å²) < 4.78 is 60.8. The van der Waals surface area contributed by atoms with Crippen molar-refractivity contribution in [3.8, 4) is 16.9 Å². The highest BCUT2D eigenvalue weighted by atomic mass is 19.4. The lowest BCUT2D eigenvalue weighted by atomic mass is 10.0. The minimum atomic E-state index is -4.60. The number of hydrogen-bond acceptors (Lipinski definition) is 6. The molecule has 9 nitrogen and oxygen atoms in total. The van der Waals surface area contributed by atoms with E-state index in [2.05, 4.69) is 37.4 Å². The van der Waals surface area contributed by atoms with Crippen molar-refractivity contribution in [2.45, 2.75) is 25.6 Å². The van der Waals surface area contributed by atoms with Crippen LogP contribution >= 0.6 is 0 Å². The first-order valence-electron chi connectivity index (χ1n) is 13.8. The van der Waals surface area contributed by atoms with Gasteiger partial charge in [-0.3, -0.25) is 9.98 Å². The lowest BCUT2D eigenvalue weighted by molar-refractivity contribution is -0.137. The summed E-state index contributed by atoms with van der Waals surface area (Å²) in [6.45, 7) is 7.10. The standard InChI is InChI=1S/C31H33F4N7O2/c1-4-23-18-24(39-26-16-21(15-22(17-26)31(33,34)35)27-7-5-6-8-28(27)43)9-10-25(38-23)19-37-41-30(36-3)40-29(20(2)32)42-11-13-44-14-12-42/h5-10,15-19,23,39,43H,2,4,11-14H2,1,3H3,(H,36,41)/b37-19+,40-29+. The van der Waals surface area contributed by atoms with Crippen LogP contribution in [0.3, 0.4) is 0 Å². The predicted octanol–water partition coefficient (Wildman–Crippen LogP) is 5.94. The number of benzene rings is 2. The Morgan fingerprint density at radius 3 is 2.59 bits per heavy atom. The van der Waals surface area contributed by atoms with Crippen molar-refractivity contribution in [1.82, 2.24) is 10.3 Å². The second-order valence-electron chi connectivity index (χ2n) is 9.78. The molecule has 2 aromatic rings. The van der Waals surface area contributed by atoms with Gasteiger partial charge in [0.25, 0.3) is 0 Å². The third kappa shape index (κ3) is 8.63. The maximum atomic E-state index is 14.2. The summed E-state index contributed by atoms with van der Waals surface area (Å²) in [5.41, 5.74) is 3.50. The second-order valence-corrected chi connectivity index (χ2v) is 9.78. The largest absolute Gasteiger partial charge is 0.507 e. The molecule has 232 valence electrons. The van der Waals surface area contributed by atoms with Gasteiger partial charge in [-0.1, -0.05) is 31.7 Å². The van der Waals surface area contributed by atoms with Crippen molar-refractivity contribution >= 4 is 29.4 Å². The van der Waals surface area contributed by atoms with E-state index in [1.165, 1.54) is 19.3 Å². The van der Waals surface area contributed by atoms with E-state index in [9.17, 15) is 22.7 Å². The number of morpholine rings is 1. The fourth-order valence-corrected chi connectivity index (χ4v) is 4.44. The van der Waals surface area contributed by atoms with Gasteiger partial charge in [0.05, 0.1) is 36.7 Å². The Balaban J connectivity index is 1.52. The topological polar surface area (TPSA) is 106 Å². The van der Waals surface area contributed by atoms with Crippen LogP contribution in [-0.2, 0) is 10.9 Å². The van der Waals surface area contributed by atoms with Gasteiger partial charge in [-0.2, -0.15) is 23.3 Å². The molecule has 0 aromatic heterocycles. The predicted molar refractivity (Wildman–Crippen MR) is 166 cm³/mol. The fraction of sp³-hybridized carbons (Fsp3) is 0.290. The number of hydrogen-bond donors (Lipinski definition) is 3. The zero-order chi connectivity index (χ0) is 31.7. The number of nitrogens with zero attached hydrogens (tertiary/aromatic N) is 5. The molecule has 0 amide bonds. The van der Waals surface area contributed by atoms with Crippen LogP contribution in [0.5, 0.6) is 5.75 Å². The molecular weight excluding hydrogens is 578 g/mol. The Morgan fingerprint density at radius 2 is 1.93 bits per heavy atom. The SMILES string of the molecule is C=C(F)/C(=N\C(=NC)N/N=C/C1=NC(CC)C=C(Nc2cc(-c3ccccc3O)cc(C(F)(F)F)c2)C=C1)N1CCOCC1. The summed E-state index contributed by atoms with van der Waals surface area (Å²) in [4.78, 5) is 14.6. The number of phenolic OH excluding ortho intramolecular Hbond substituents is 1. The van der Waals surface area contributed by atoms with Crippen molar-refractivity contribution < 1.29 is 27.4 Å². The number of para-hydroxylation sites is 1. The molecule has 4 rings (SSSR count). The minimum Gasteiger partial charge on any atom is -0.507 e. The number of nitrogens with one attached hydrogen (secondary N) is 2. The number of guanidine groups is 1. The van der Waals surface area contributed by atoms with Gasteiger partial charge in [-0.15, -0.1) is 0 Å². The number of rotatable bonds is 7. The van der Waals surface area contributed by atoms with Crippen LogP contribution in [0.4, 0.5) is 23.2 Å². The third-order valence-corrected chi connectivity index (χ3v) is 6.64. The first-order chi connectivity index (χ1) is 21.1. The lowest BCUT2D eigenvalue weighted by Gasteiger charge is -2.28. The van der Waals surface area contributed by atoms with Crippen LogP contribution in [0.15, 0.2) is 98.9 Å². The zero-order valence-electron chi connectivity index (χ0n) is 24.3. The number of aliphatic imine (C=N–C) groups is 3. The Morgan fingerprint density at radius 1 is 1.18 bits per heavy atom. The maximum absolute atomic E-state index is 14.2. The lowest BCUT2D eigenvalue weighted by Crippen LogP contribution is -2.41. The van der Waals surface area contributed by atoms with Crippen LogP contribution in [0.25, 0.3) is 11.1 Å². The molecule has 1 atom stereocenters. The molecule has 0 spiro atoms. The Bertz CT molecular complexity index is 1540. The average Bonchev–Trinajstić information content (AvgIpc) is 3.20. The summed E-state index contributed by atoms with van der Waals surface area (Å²) in [6, 6.07) is 9.46. The van der Waals surface area contributed by atoms with E-state index in [0.29, 0.717) is 44.1 Å². The van der Waals surface area contributed by atoms with E-state index in [1.807, 2.05) is 6.92 Å². The molecule has 1 unspecified atom stereocenters. The normalized spacial score (nSPS) is 18.1. The number of hydrazone groups is 1. The number of amidine groups is 1. The quantitative estimate of drug-likeness (QED) is 0.156. The van der Waals surface area contributed by atoms with Gasteiger partial charge in [0.1, 0.15) is 5.75 Å². The zero-order valence-corrected chi connectivity index (χ0v) is 24.3. The van der Waals surface area contributed by atoms with Crippen molar-refractivity contribution in [2.75, 3.05) is 38.7 Å². The molecule has 0 radical (unpaired) electrons. The van der Waals surface area contributed by atoms with Gasteiger partial charge in [-0.05, 0) is 54.5 Å². The number of anilines is 1. The van der Waals surface area contributed by atoms with Crippen molar-refractivity contribution in [1.29, 1.82) is 0 Å². The molecule has 3 N–H and O–H groups in total. The summed E-state index contributed by atoms with van der Waals surface area (Å²) in [7, 11) is 1.48. The van der Waals surface area contributed by atoms with Gasteiger partial charge in [-0.25, -0.2) is 9.82 Å². The number of aromatic hydroxyl groups is 1. The van der Waals surface area contributed by atoms with Gasteiger partial charge in [0, 0.05) is 37.1 Å². The molecule has 44 heavy (non-hydrogen) atoms. The molecule has 2 aliphatic heterocycles. The van der Waals surface area contributed by atoms with E-state index < -0.39 is 17.6 Å². The number of alkyl halides is 3. The third-order valence-electron chi connectivity index (χ3n) is 6.64. The second kappa shape index (κ2) is 14.6. The monoisotopic (exact) mass is 611 g/mol. The van der Waals surface area contributed by atoms with Crippen molar-refractivity contribution in [2.24, 2.45) is 20.1 Å². The van der Waals surface area contributed by atoms with Crippen LogP contribution in [0.2, 0.25) is 0 Å². The molecule has 13 heteroatoms. The van der Waals surface area contributed by atoms with E-state index >= 15 is 0 Å². The highest BCUT2D eigenvalue weighted by molar-refractivity contribution is 6.36. The van der Waals surface area contributed by atoms with E-state index in [-0.39, 0.29) is 40.4 Å². The first-order valence-corrected chi connectivity index (χ1v) is 13.8. The van der Waals surface area contributed by atoms with E-state index in [0.717, 1.165) is 12.1 Å². The maximum Gasteiger partial charge on any atom is 0.416 e. The van der Waals surface area contributed by atoms with Gasteiger partial charge in [0.15, 0.2) is 11.7 Å². The average molecular weight is 612 g/mol. The van der Waals surface area contributed by atoms with E-state index in [1.54, 1.807) is 47.4 Å². The fourth-order valence-electron chi connectivity index (χ4n) is 4.44. The Hall–Kier alpha value is -4.78. The molecule has 2 heterocycles. The molecule has 0 bridgehead atoms. The van der Waals surface area contributed by atoms with Crippen molar-refractivity contribution in [3.63, 3.8) is 0 Å². The van der Waals surface area contributed by atoms with Crippen LogP contribution in [-0.4, -0.2) is 73.1 Å². The van der Waals surface area contributed by atoms with Crippen LogP contribution < -0.4 is 10.7 Å². The highest BCUT2D eigenvalue weighted by Crippen LogP contribution is 2.37. The number of phenols is 1. The molecule has 1 saturated heterocycles. The summed E-state index contributed by atoms with van der Waals surface area (Å²) in [5.74, 6) is -0.746. The molecule has 0 aliphatic carbocycles. The number of halogens is 4. The highest BCUT2D eigenvalue weighted by Gasteiger charge is 2.31. The molecule has 2 aromatic carbocycles. The Labute approximate surface area is 252 Å². The van der Waals surface area contributed by atoms with Crippen molar-refractivity contribution in [3.05, 3.63) is 84.4 Å². The van der Waals surface area contributed by atoms with Gasteiger partial charge >= 0.3 is 6.18 Å². The molecule has 2 aliphatic rings. The molecular formula is C31H33F4N7O2. The summed E-state index contributed by atoms with van der Waals surface area (Å²) in [5, 5.41) is 17.5. The van der Waals surface area contributed by atoms with Crippen LogP contribution in [0.1, 0.15) is 18.9 Å². The van der Waals surface area contributed by atoms with E-state index in [4.69, 9.17) is 4.74 Å². The number of allylic oxidation sites excluding steroid dienone is 2. The minimum absolute atomic E-state index is 0.0366. The molecule has 0 saturated carbocycles. The smallest absolute Gasteiger partial charge is 0.416 e. The summed E-state index contributed by atoms with van der Waals surface area (Å²) >= 11 is 0. The number of ether oxygens (including phenoxy) is 1. The summed E-state index contributed by atoms with van der Waals surface area (Å²) in [6.07, 6.45) is 2.59. The Kier molecular flexibility index (Phi) is 10.7.